The van der Waals surface area contributed by atoms with Gasteiger partial charge in [-0.2, -0.15) is 5.26 Å². The van der Waals surface area contributed by atoms with Crippen molar-refractivity contribution in [1.29, 1.82) is 5.26 Å². The van der Waals surface area contributed by atoms with Crippen molar-refractivity contribution in [3.05, 3.63) is 111 Å². The molecule has 152 valence electrons. The number of nitriles is 1. The fraction of sp³-hybridized carbons (Fsp3) is 0.0385. The summed E-state index contributed by atoms with van der Waals surface area (Å²) in [5, 5.41) is 12.7. The third-order valence-corrected chi connectivity index (χ3v) is 5.42. The van der Waals surface area contributed by atoms with E-state index in [1.807, 2.05) is 36.4 Å². The Balaban J connectivity index is 1.80. The van der Waals surface area contributed by atoms with Crippen molar-refractivity contribution in [2.75, 3.05) is 0 Å². The van der Waals surface area contributed by atoms with Crippen LogP contribution in [0.2, 0.25) is 10.0 Å². The number of hydrogen-bond donors (Lipinski definition) is 0. The van der Waals surface area contributed by atoms with E-state index in [0.29, 0.717) is 26.9 Å². The topological polar surface area (TPSA) is 33.0 Å². The van der Waals surface area contributed by atoms with Crippen LogP contribution < -0.4 is 4.74 Å². The maximum Gasteiger partial charge on any atom is 0.127 e. The second-order valence-electron chi connectivity index (χ2n) is 6.91. The first-order valence-electron chi connectivity index (χ1n) is 9.51. The molecule has 0 amide bonds. The molecule has 4 rings (SSSR count). The normalized spacial score (nSPS) is 11.4. The number of hydrogen-bond acceptors (Lipinski definition) is 2. The highest BCUT2D eigenvalue weighted by Crippen LogP contribution is 2.34. The number of rotatable bonds is 5. The number of allylic oxidation sites excluding steroid dienone is 1. The fourth-order valence-electron chi connectivity index (χ4n) is 3.31. The van der Waals surface area contributed by atoms with Crippen LogP contribution in [0.25, 0.3) is 22.4 Å². The number of ether oxygens (including phenoxy) is 1. The third-order valence-electron chi connectivity index (χ3n) is 4.87. The van der Waals surface area contributed by atoms with E-state index < -0.39 is 0 Å². The fourth-order valence-corrected chi connectivity index (χ4v) is 3.82. The van der Waals surface area contributed by atoms with E-state index in [0.717, 1.165) is 21.9 Å². The van der Waals surface area contributed by atoms with Gasteiger partial charge in [-0.25, -0.2) is 4.39 Å². The van der Waals surface area contributed by atoms with Gasteiger partial charge in [-0.05, 0) is 52.7 Å². The average Bonchev–Trinajstić information content (AvgIpc) is 2.78. The largest absolute Gasteiger partial charge is 0.488 e. The molecular weight excluding hydrogens is 432 g/mol. The Labute approximate surface area is 189 Å². The Morgan fingerprint density at radius 2 is 1.74 bits per heavy atom. The van der Waals surface area contributed by atoms with Crippen LogP contribution in [0.3, 0.4) is 0 Å². The summed E-state index contributed by atoms with van der Waals surface area (Å²) in [6.45, 7) is 0.267. The summed E-state index contributed by atoms with van der Waals surface area (Å²) in [7, 11) is 0. The highest BCUT2D eigenvalue weighted by Gasteiger charge is 2.12. The molecule has 2 nitrogen and oxygen atoms in total. The predicted octanol–water partition coefficient (Wildman–Crippen LogP) is 7.93. The summed E-state index contributed by atoms with van der Waals surface area (Å²) in [5.74, 6) is 0.317. The van der Waals surface area contributed by atoms with Crippen molar-refractivity contribution in [2.24, 2.45) is 0 Å². The van der Waals surface area contributed by atoms with Gasteiger partial charge in [0.15, 0.2) is 0 Å². The Morgan fingerprint density at radius 3 is 2.48 bits per heavy atom. The van der Waals surface area contributed by atoms with Crippen molar-refractivity contribution in [3.8, 4) is 11.8 Å². The molecule has 0 spiro atoms. The number of nitrogens with zero attached hydrogens (tertiary/aromatic N) is 1. The van der Waals surface area contributed by atoms with E-state index in [-0.39, 0.29) is 12.4 Å². The monoisotopic (exact) mass is 447 g/mol. The van der Waals surface area contributed by atoms with Crippen LogP contribution in [0.15, 0.2) is 78.9 Å². The first kappa shape index (κ1) is 20.9. The average molecular weight is 448 g/mol. The summed E-state index contributed by atoms with van der Waals surface area (Å²) < 4.78 is 19.3. The van der Waals surface area contributed by atoms with E-state index >= 15 is 0 Å². The highest BCUT2D eigenvalue weighted by atomic mass is 35.5. The number of benzene rings is 4. The summed E-state index contributed by atoms with van der Waals surface area (Å²) in [5.41, 5.74) is 2.59. The second-order valence-corrected chi connectivity index (χ2v) is 7.75. The van der Waals surface area contributed by atoms with E-state index in [2.05, 4.69) is 6.07 Å². The lowest BCUT2D eigenvalue weighted by Crippen LogP contribution is -1.98. The van der Waals surface area contributed by atoms with E-state index in [1.165, 1.54) is 12.1 Å². The third kappa shape index (κ3) is 4.72. The zero-order valence-electron chi connectivity index (χ0n) is 16.3. The van der Waals surface area contributed by atoms with Crippen molar-refractivity contribution in [3.63, 3.8) is 0 Å². The van der Waals surface area contributed by atoms with Gasteiger partial charge < -0.3 is 4.74 Å². The van der Waals surface area contributed by atoms with Gasteiger partial charge in [0, 0.05) is 16.1 Å². The molecule has 5 heteroatoms. The molecule has 4 aromatic rings. The Bertz CT molecular complexity index is 1320. The van der Waals surface area contributed by atoms with Gasteiger partial charge in [-0.3, -0.25) is 0 Å². The second kappa shape index (κ2) is 9.22. The SMILES string of the molecule is N#C/C(=C\c1c(OCc2ccc(F)cc2)ccc2ccccc12)c1ccc(Cl)cc1Cl. The summed E-state index contributed by atoms with van der Waals surface area (Å²) in [6, 6.07) is 25.1. The highest BCUT2D eigenvalue weighted by molar-refractivity contribution is 6.36. The molecular formula is C26H16Cl2FNO. The standard InChI is InChI=1S/C26H16Cl2FNO/c27-20-8-11-23(25(28)14-20)19(15-30)13-24-22-4-2-1-3-18(22)7-12-26(24)31-16-17-5-9-21(29)10-6-17/h1-14H,16H2/b19-13+. The van der Waals surface area contributed by atoms with Crippen molar-refractivity contribution in [1.82, 2.24) is 0 Å². The molecule has 0 fully saturated rings. The Kier molecular flexibility index (Phi) is 6.23. The van der Waals surface area contributed by atoms with Gasteiger partial charge in [0.1, 0.15) is 18.2 Å². The molecule has 0 aliphatic carbocycles. The summed E-state index contributed by atoms with van der Waals surface area (Å²) >= 11 is 12.4. The quantitative estimate of drug-likeness (QED) is 0.229. The molecule has 0 heterocycles. The van der Waals surface area contributed by atoms with Crippen molar-refractivity contribution < 1.29 is 9.13 Å². The zero-order chi connectivity index (χ0) is 21.8. The summed E-state index contributed by atoms with van der Waals surface area (Å²) in [6.07, 6.45) is 1.78. The molecule has 0 N–H and O–H groups in total. The van der Waals surface area contributed by atoms with E-state index in [9.17, 15) is 9.65 Å². The molecule has 0 aromatic heterocycles. The van der Waals surface area contributed by atoms with Gasteiger partial charge in [-0.15, -0.1) is 0 Å². The molecule has 31 heavy (non-hydrogen) atoms. The molecule has 4 aromatic carbocycles. The minimum absolute atomic E-state index is 0.267. The molecule has 0 unspecified atom stereocenters. The van der Waals surface area contributed by atoms with Crippen molar-refractivity contribution >= 4 is 45.6 Å². The van der Waals surface area contributed by atoms with Gasteiger partial charge in [0.25, 0.3) is 0 Å². The molecule has 0 saturated heterocycles. The number of fused-ring (bicyclic) bond motifs is 1. The van der Waals surface area contributed by atoms with E-state index in [1.54, 1.807) is 36.4 Å². The molecule has 0 saturated carbocycles. The molecule has 0 aliphatic rings. The lowest BCUT2D eigenvalue weighted by atomic mass is 9.98. The van der Waals surface area contributed by atoms with Gasteiger partial charge in [-0.1, -0.05) is 71.7 Å². The van der Waals surface area contributed by atoms with Crippen molar-refractivity contribution in [2.45, 2.75) is 6.61 Å². The first-order valence-corrected chi connectivity index (χ1v) is 10.3. The Hall–Kier alpha value is -3.32. The zero-order valence-corrected chi connectivity index (χ0v) is 17.8. The maximum atomic E-state index is 13.2. The van der Waals surface area contributed by atoms with Crippen LogP contribution in [-0.2, 0) is 6.61 Å². The maximum absolute atomic E-state index is 13.2. The van der Waals surface area contributed by atoms with Crippen LogP contribution in [-0.4, -0.2) is 0 Å². The molecule has 0 atom stereocenters. The van der Waals surface area contributed by atoms with Gasteiger partial charge in [0.05, 0.1) is 16.7 Å². The van der Waals surface area contributed by atoms with Crippen LogP contribution in [0, 0.1) is 17.1 Å². The minimum Gasteiger partial charge on any atom is -0.488 e. The van der Waals surface area contributed by atoms with Crippen LogP contribution >= 0.6 is 23.2 Å². The van der Waals surface area contributed by atoms with Crippen LogP contribution in [0.1, 0.15) is 16.7 Å². The molecule has 0 aliphatic heterocycles. The van der Waals surface area contributed by atoms with Crippen LogP contribution in [0.4, 0.5) is 4.39 Å². The summed E-state index contributed by atoms with van der Waals surface area (Å²) in [4.78, 5) is 0. The Morgan fingerprint density at radius 1 is 0.968 bits per heavy atom. The smallest absolute Gasteiger partial charge is 0.127 e. The molecule has 0 bridgehead atoms. The van der Waals surface area contributed by atoms with Crippen LogP contribution in [0.5, 0.6) is 5.75 Å². The van der Waals surface area contributed by atoms with Gasteiger partial charge >= 0.3 is 0 Å². The number of halogens is 3. The lowest BCUT2D eigenvalue weighted by Gasteiger charge is -2.13. The first-order chi connectivity index (χ1) is 15.0. The van der Waals surface area contributed by atoms with Gasteiger partial charge in [0.2, 0.25) is 0 Å². The minimum atomic E-state index is -0.295. The lowest BCUT2D eigenvalue weighted by molar-refractivity contribution is 0.306. The molecule has 0 radical (unpaired) electrons. The van der Waals surface area contributed by atoms with E-state index in [4.69, 9.17) is 27.9 Å². The predicted molar refractivity (Wildman–Crippen MR) is 125 cm³/mol.